The number of likely N-dealkylation sites (tertiary alicyclic amines) is 1. The zero-order valence-electron chi connectivity index (χ0n) is 20.8. The molecule has 7 nitrogen and oxygen atoms in total. The van der Waals surface area contributed by atoms with Crippen molar-refractivity contribution in [3.63, 3.8) is 0 Å². The lowest BCUT2D eigenvalue weighted by molar-refractivity contribution is -0.132. The Labute approximate surface area is 212 Å². The van der Waals surface area contributed by atoms with E-state index in [4.69, 9.17) is 4.74 Å². The summed E-state index contributed by atoms with van der Waals surface area (Å²) in [5.74, 6) is 1.80. The summed E-state index contributed by atoms with van der Waals surface area (Å²) in [5, 5.41) is 3.63. The molecule has 2 unspecified atom stereocenters. The number of carbonyl (C=O) groups is 1. The molecule has 0 spiro atoms. The van der Waals surface area contributed by atoms with Crippen molar-refractivity contribution in [1.29, 1.82) is 0 Å². The lowest BCUT2D eigenvalue weighted by Gasteiger charge is -2.41. The molecule has 0 bridgehead atoms. The van der Waals surface area contributed by atoms with Crippen LogP contribution in [0.25, 0.3) is 0 Å². The Kier molecular flexibility index (Phi) is 11.5. The fourth-order valence-corrected chi connectivity index (χ4v) is 5.29. The Balaban J connectivity index is 0.00000363. The summed E-state index contributed by atoms with van der Waals surface area (Å²) in [4.78, 5) is 24.0. The van der Waals surface area contributed by atoms with Gasteiger partial charge in [-0.25, -0.2) is 0 Å². The summed E-state index contributed by atoms with van der Waals surface area (Å²) in [5.41, 5.74) is 0.155. The maximum atomic E-state index is 12.7. The maximum Gasteiger partial charge on any atom is 0.236 e. The summed E-state index contributed by atoms with van der Waals surface area (Å²) < 4.78 is 6.14. The Hall–Kier alpha value is -0.610. The van der Waals surface area contributed by atoms with Crippen molar-refractivity contribution in [2.24, 2.45) is 16.3 Å². The molecule has 32 heavy (non-hydrogen) atoms. The first-order chi connectivity index (χ1) is 14.9. The number of ether oxygens (including phenoxy) is 1. The van der Waals surface area contributed by atoms with E-state index in [0.717, 1.165) is 77.6 Å². The minimum atomic E-state index is 0. The Bertz CT molecular complexity index is 594. The largest absolute Gasteiger partial charge is 0.377 e. The molecule has 8 heteroatoms. The molecule has 0 aromatic rings. The van der Waals surface area contributed by atoms with E-state index in [1.54, 1.807) is 0 Å². The van der Waals surface area contributed by atoms with Crippen LogP contribution in [-0.2, 0) is 9.53 Å². The number of nitrogens with one attached hydrogen (secondary N) is 1. The van der Waals surface area contributed by atoms with Crippen LogP contribution < -0.4 is 5.32 Å². The lowest BCUT2D eigenvalue weighted by atomic mass is 9.78. The first-order valence-electron chi connectivity index (χ1n) is 12.5. The fraction of sp³-hybridized carbons (Fsp3) is 0.917. The minimum Gasteiger partial charge on any atom is -0.377 e. The third-order valence-electron chi connectivity index (χ3n) is 7.02. The number of hydrogen-bond acceptors (Lipinski definition) is 4. The van der Waals surface area contributed by atoms with E-state index in [-0.39, 0.29) is 35.5 Å². The van der Waals surface area contributed by atoms with E-state index < -0.39 is 0 Å². The third-order valence-corrected chi connectivity index (χ3v) is 7.02. The van der Waals surface area contributed by atoms with Gasteiger partial charge >= 0.3 is 0 Å². The van der Waals surface area contributed by atoms with Gasteiger partial charge in [0.2, 0.25) is 5.91 Å². The zero-order chi connectivity index (χ0) is 22.3. The predicted molar refractivity (Wildman–Crippen MR) is 142 cm³/mol. The third kappa shape index (κ3) is 8.01. The van der Waals surface area contributed by atoms with Crippen LogP contribution in [0.15, 0.2) is 4.99 Å². The number of guanidine groups is 1. The SMILES string of the molecule is CN=C(NCC1CCCOC1C(C)(C)C)N1CCN(CC(=O)N2CCCCCC2)CC1.I. The van der Waals surface area contributed by atoms with Crippen LogP contribution in [0.3, 0.4) is 0 Å². The zero-order valence-corrected chi connectivity index (χ0v) is 23.1. The Morgan fingerprint density at radius 3 is 2.22 bits per heavy atom. The van der Waals surface area contributed by atoms with Crippen LogP contribution in [0.1, 0.15) is 59.3 Å². The molecule has 3 aliphatic heterocycles. The molecule has 3 aliphatic rings. The van der Waals surface area contributed by atoms with Gasteiger partial charge in [0, 0.05) is 65.4 Å². The van der Waals surface area contributed by atoms with Gasteiger partial charge in [0.15, 0.2) is 5.96 Å². The molecule has 0 saturated carbocycles. The molecular formula is C24H46IN5O2. The van der Waals surface area contributed by atoms with Gasteiger partial charge in [-0.05, 0) is 31.1 Å². The lowest BCUT2D eigenvalue weighted by Crippen LogP contribution is -2.55. The number of carbonyl (C=O) groups excluding carboxylic acids is 1. The van der Waals surface area contributed by atoms with Crippen LogP contribution in [0.4, 0.5) is 0 Å². The molecule has 0 aromatic heterocycles. The van der Waals surface area contributed by atoms with Crippen molar-refractivity contribution < 1.29 is 9.53 Å². The molecule has 3 heterocycles. The van der Waals surface area contributed by atoms with Crippen molar-refractivity contribution in [2.45, 2.75) is 65.4 Å². The second-order valence-electron chi connectivity index (χ2n) is 10.5. The van der Waals surface area contributed by atoms with E-state index >= 15 is 0 Å². The molecule has 1 N–H and O–H groups in total. The van der Waals surface area contributed by atoms with Gasteiger partial charge in [0.05, 0.1) is 12.6 Å². The molecule has 3 fully saturated rings. The predicted octanol–water partition coefficient (Wildman–Crippen LogP) is 3.04. The highest BCUT2D eigenvalue weighted by atomic mass is 127. The van der Waals surface area contributed by atoms with Crippen LogP contribution in [0.2, 0.25) is 0 Å². The highest BCUT2D eigenvalue weighted by molar-refractivity contribution is 14.0. The summed E-state index contributed by atoms with van der Waals surface area (Å²) in [7, 11) is 1.87. The molecule has 0 aromatic carbocycles. The monoisotopic (exact) mass is 563 g/mol. The molecule has 3 rings (SSSR count). The van der Waals surface area contributed by atoms with E-state index in [1.165, 1.54) is 19.3 Å². The summed E-state index contributed by atoms with van der Waals surface area (Å²) in [6.45, 7) is 14.7. The number of nitrogens with zero attached hydrogens (tertiary/aromatic N) is 4. The second kappa shape index (κ2) is 13.3. The van der Waals surface area contributed by atoms with Crippen molar-refractivity contribution in [2.75, 3.05) is 66.0 Å². The summed E-state index contributed by atoms with van der Waals surface area (Å²) >= 11 is 0. The van der Waals surface area contributed by atoms with Crippen molar-refractivity contribution in [3.05, 3.63) is 0 Å². The Morgan fingerprint density at radius 1 is 0.969 bits per heavy atom. The smallest absolute Gasteiger partial charge is 0.236 e. The molecule has 2 atom stereocenters. The fourth-order valence-electron chi connectivity index (χ4n) is 5.29. The number of halogens is 1. The molecule has 186 valence electrons. The van der Waals surface area contributed by atoms with Gasteiger partial charge in [-0.3, -0.25) is 14.7 Å². The number of rotatable bonds is 4. The minimum absolute atomic E-state index is 0. The van der Waals surface area contributed by atoms with Crippen LogP contribution in [-0.4, -0.2) is 98.7 Å². The average molecular weight is 564 g/mol. The van der Waals surface area contributed by atoms with Gasteiger partial charge in [-0.2, -0.15) is 0 Å². The molecule has 0 aliphatic carbocycles. The van der Waals surface area contributed by atoms with Gasteiger partial charge in [-0.15, -0.1) is 24.0 Å². The standard InChI is InChI=1S/C24H45N5O2.HI/c1-24(2,3)22-20(10-9-17-31-22)18-26-23(25-4)29-15-13-27(14-16-29)19-21(30)28-11-7-5-6-8-12-28;/h20,22H,5-19H2,1-4H3,(H,25,26);1H. The van der Waals surface area contributed by atoms with Gasteiger partial charge in [-0.1, -0.05) is 33.6 Å². The highest BCUT2D eigenvalue weighted by Gasteiger charge is 2.35. The van der Waals surface area contributed by atoms with E-state index in [2.05, 4.69) is 45.8 Å². The van der Waals surface area contributed by atoms with E-state index in [1.807, 2.05) is 7.05 Å². The molecule has 1 amide bonds. The topological polar surface area (TPSA) is 60.4 Å². The molecule has 0 radical (unpaired) electrons. The first-order valence-corrected chi connectivity index (χ1v) is 12.5. The van der Waals surface area contributed by atoms with Gasteiger partial charge in [0.25, 0.3) is 0 Å². The average Bonchev–Trinajstić information content (AvgIpc) is 3.04. The first kappa shape index (κ1) is 27.6. The number of hydrogen-bond donors (Lipinski definition) is 1. The van der Waals surface area contributed by atoms with Gasteiger partial charge in [0.1, 0.15) is 0 Å². The highest BCUT2D eigenvalue weighted by Crippen LogP contribution is 2.33. The Morgan fingerprint density at radius 2 is 1.62 bits per heavy atom. The van der Waals surface area contributed by atoms with Crippen LogP contribution in [0, 0.1) is 11.3 Å². The number of piperazine rings is 1. The molecular weight excluding hydrogens is 517 g/mol. The van der Waals surface area contributed by atoms with E-state index in [9.17, 15) is 4.79 Å². The van der Waals surface area contributed by atoms with Crippen molar-refractivity contribution in [3.8, 4) is 0 Å². The normalized spacial score (nSPS) is 26.3. The van der Waals surface area contributed by atoms with Crippen LogP contribution in [0.5, 0.6) is 0 Å². The van der Waals surface area contributed by atoms with Gasteiger partial charge < -0.3 is 19.9 Å². The summed E-state index contributed by atoms with van der Waals surface area (Å²) in [6, 6.07) is 0. The second-order valence-corrected chi connectivity index (χ2v) is 10.5. The van der Waals surface area contributed by atoms with E-state index in [0.29, 0.717) is 18.4 Å². The summed E-state index contributed by atoms with van der Waals surface area (Å²) in [6.07, 6.45) is 7.47. The van der Waals surface area contributed by atoms with Crippen molar-refractivity contribution in [1.82, 2.24) is 20.0 Å². The number of amides is 1. The number of aliphatic imine (C=N–C) groups is 1. The maximum absolute atomic E-state index is 12.7. The van der Waals surface area contributed by atoms with Crippen molar-refractivity contribution >= 4 is 35.8 Å². The van der Waals surface area contributed by atoms with Crippen LogP contribution >= 0.6 is 24.0 Å². The quantitative estimate of drug-likeness (QED) is 0.324. The molecule has 3 saturated heterocycles.